The Morgan fingerprint density at radius 1 is 1.09 bits per heavy atom. The first-order valence-corrected chi connectivity index (χ1v) is 12.1. The van der Waals surface area contributed by atoms with Gasteiger partial charge in [-0.2, -0.15) is 0 Å². The van der Waals surface area contributed by atoms with Crippen molar-refractivity contribution < 1.29 is 22.7 Å². The number of halogens is 1. The third-order valence-corrected chi connectivity index (χ3v) is 7.13. The summed E-state index contributed by atoms with van der Waals surface area (Å²) >= 11 is 5.93. The van der Waals surface area contributed by atoms with E-state index in [0.29, 0.717) is 42.6 Å². The van der Waals surface area contributed by atoms with Crippen molar-refractivity contribution in [2.24, 2.45) is 0 Å². The number of sulfonamides is 1. The molecule has 1 fully saturated rings. The van der Waals surface area contributed by atoms with E-state index >= 15 is 0 Å². The molecular formula is C21H27ClN4O5S. The van der Waals surface area contributed by atoms with Gasteiger partial charge in [0.25, 0.3) is 0 Å². The van der Waals surface area contributed by atoms with Crippen LogP contribution >= 0.6 is 11.6 Å². The molecular weight excluding hydrogens is 456 g/mol. The summed E-state index contributed by atoms with van der Waals surface area (Å²) in [7, 11) is -4.11. The van der Waals surface area contributed by atoms with E-state index in [9.17, 15) is 18.0 Å². The summed E-state index contributed by atoms with van der Waals surface area (Å²) in [5.74, 6) is -1.05. The largest absolute Gasteiger partial charge is 0.462 e. The number of nitrogens with one attached hydrogen (secondary N) is 2. The normalized spacial score (nSPS) is 14.5. The number of ether oxygens (including phenoxy) is 1. The fraction of sp³-hybridized carbons (Fsp3) is 0.429. The molecule has 32 heavy (non-hydrogen) atoms. The van der Waals surface area contributed by atoms with E-state index in [1.807, 2.05) is 24.3 Å². The molecule has 0 radical (unpaired) electrons. The van der Waals surface area contributed by atoms with Crippen molar-refractivity contribution in [3.8, 4) is 0 Å². The van der Waals surface area contributed by atoms with Crippen LogP contribution in [-0.2, 0) is 19.6 Å². The van der Waals surface area contributed by atoms with Gasteiger partial charge in [0.2, 0.25) is 15.9 Å². The summed E-state index contributed by atoms with van der Waals surface area (Å²) < 4.78 is 33.2. The van der Waals surface area contributed by atoms with Crippen LogP contribution in [0.4, 0.5) is 5.69 Å². The molecule has 11 heteroatoms. The van der Waals surface area contributed by atoms with Gasteiger partial charge in [0, 0.05) is 48.3 Å². The summed E-state index contributed by atoms with van der Waals surface area (Å²) in [5, 5.41) is 0.661. The zero-order valence-corrected chi connectivity index (χ0v) is 19.8. The Hall–Kier alpha value is -2.56. The van der Waals surface area contributed by atoms with Crippen molar-refractivity contribution in [2.75, 3.05) is 44.2 Å². The van der Waals surface area contributed by atoms with Gasteiger partial charge in [-0.1, -0.05) is 11.6 Å². The molecule has 1 aromatic heterocycles. The van der Waals surface area contributed by atoms with E-state index in [-0.39, 0.29) is 23.0 Å². The SMILES string of the molecule is CCOC(=O)c1c(C)[nH]c(C)c1S(=O)(=O)NCC(=O)N1CCN(c2ccc(Cl)cc2)CC1. The number of carbonyl (C=O) groups is 2. The van der Waals surface area contributed by atoms with Gasteiger partial charge < -0.3 is 19.5 Å². The second-order valence-electron chi connectivity index (χ2n) is 7.47. The van der Waals surface area contributed by atoms with Gasteiger partial charge in [0.15, 0.2) is 0 Å². The van der Waals surface area contributed by atoms with Crippen LogP contribution in [0.1, 0.15) is 28.7 Å². The predicted molar refractivity (Wildman–Crippen MR) is 122 cm³/mol. The molecule has 2 N–H and O–H groups in total. The molecule has 174 valence electrons. The van der Waals surface area contributed by atoms with E-state index < -0.39 is 22.5 Å². The third-order valence-electron chi connectivity index (χ3n) is 5.30. The first-order chi connectivity index (χ1) is 15.1. The number of esters is 1. The quantitative estimate of drug-likeness (QED) is 0.584. The first-order valence-electron chi connectivity index (χ1n) is 10.3. The minimum absolute atomic E-state index is 0.0409. The van der Waals surface area contributed by atoms with E-state index in [4.69, 9.17) is 16.3 Å². The van der Waals surface area contributed by atoms with E-state index in [1.54, 1.807) is 25.7 Å². The molecule has 9 nitrogen and oxygen atoms in total. The Morgan fingerprint density at radius 3 is 2.31 bits per heavy atom. The molecule has 0 aliphatic carbocycles. The second-order valence-corrected chi connectivity index (χ2v) is 9.61. The Bertz CT molecular complexity index is 1090. The molecule has 1 aliphatic heterocycles. The Morgan fingerprint density at radius 2 is 1.72 bits per heavy atom. The smallest absolute Gasteiger partial charge is 0.341 e. The number of benzene rings is 1. The predicted octanol–water partition coefficient (Wildman–Crippen LogP) is 2.09. The van der Waals surface area contributed by atoms with Crippen LogP contribution in [0.25, 0.3) is 0 Å². The monoisotopic (exact) mass is 482 g/mol. The number of rotatable bonds is 7. The average molecular weight is 483 g/mol. The van der Waals surface area contributed by atoms with Gasteiger partial charge in [0.1, 0.15) is 10.5 Å². The van der Waals surface area contributed by atoms with Gasteiger partial charge in [-0.15, -0.1) is 0 Å². The minimum Gasteiger partial charge on any atom is -0.462 e. The van der Waals surface area contributed by atoms with Crippen molar-refractivity contribution in [3.05, 3.63) is 46.2 Å². The molecule has 0 unspecified atom stereocenters. The topological polar surface area (TPSA) is 112 Å². The fourth-order valence-corrected chi connectivity index (χ4v) is 5.29. The van der Waals surface area contributed by atoms with Gasteiger partial charge in [-0.25, -0.2) is 17.9 Å². The molecule has 1 saturated heterocycles. The van der Waals surface area contributed by atoms with Crippen molar-refractivity contribution in [1.82, 2.24) is 14.6 Å². The van der Waals surface area contributed by atoms with Gasteiger partial charge in [-0.3, -0.25) is 4.79 Å². The van der Waals surface area contributed by atoms with E-state index in [1.165, 1.54) is 0 Å². The number of aromatic amines is 1. The lowest BCUT2D eigenvalue weighted by Gasteiger charge is -2.36. The molecule has 0 saturated carbocycles. The Balaban J connectivity index is 1.63. The maximum Gasteiger partial charge on any atom is 0.341 e. The van der Waals surface area contributed by atoms with E-state index in [2.05, 4.69) is 14.6 Å². The van der Waals surface area contributed by atoms with Crippen LogP contribution in [-0.4, -0.2) is 69.5 Å². The fourth-order valence-electron chi connectivity index (χ4n) is 3.75. The lowest BCUT2D eigenvalue weighted by molar-refractivity contribution is -0.130. The highest BCUT2D eigenvalue weighted by molar-refractivity contribution is 7.89. The number of anilines is 1. The minimum atomic E-state index is -4.11. The number of hydrogen-bond donors (Lipinski definition) is 2. The van der Waals surface area contributed by atoms with Crippen LogP contribution < -0.4 is 9.62 Å². The number of piperazine rings is 1. The van der Waals surface area contributed by atoms with Gasteiger partial charge >= 0.3 is 5.97 Å². The number of aromatic nitrogens is 1. The van der Waals surface area contributed by atoms with Gasteiger partial charge in [-0.05, 0) is 45.0 Å². The Kier molecular flexibility index (Phi) is 7.47. The second kappa shape index (κ2) is 9.93. The zero-order chi connectivity index (χ0) is 23.5. The molecule has 3 rings (SSSR count). The molecule has 2 aromatic rings. The molecule has 2 heterocycles. The van der Waals surface area contributed by atoms with Crippen molar-refractivity contribution >= 4 is 39.2 Å². The summed E-state index contributed by atoms with van der Waals surface area (Å²) in [6, 6.07) is 7.49. The summed E-state index contributed by atoms with van der Waals surface area (Å²) in [4.78, 5) is 31.4. The lowest BCUT2D eigenvalue weighted by atomic mass is 10.2. The molecule has 0 spiro atoms. The standard InChI is InChI=1S/C21H27ClN4O5S/c1-4-31-21(28)19-14(2)24-15(3)20(19)32(29,30)23-13-18(27)26-11-9-25(10-12-26)17-7-5-16(22)6-8-17/h5-8,23-24H,4,9-13H2,1-3H3. The van der Waals surface area contributed by atoms with Gasteiger partial charge in [0.05, 0.1) is 13.2 Å². The summed E-state index contributed by atoms with van der Waals surface area (Å²) in [5.41, 5.74) is 1.68. The van der Waals surface area contributed by atoms with Crippen molar-refractivity contribution in [2.45, 2.75) is 25.7 Å². The van der Waals surface area contributed by atoms with Crippen molar-refractivity contribution in [1.29, 1.82) is 0 Å². The van der Waals surface area contributed by atoms with Crippen molar-refractivity contribution in [3.63, 3.8) is 0 Å². The highest BCUT2D eigenvalue weighted by Crippen LogP contribution is 2.24. The van der Waals surface area contributed by atoms with Crippen LogP contribution in [0.15, 0.2) is 29.2 Å². The van der Waals surface area contributed by atoms with Crippen LogP contribution in [0.3, 0.4) is 0 Å². The van der Waals surface area contributed by atoms with Crippen LogP contribution in [0.2, 0.25) is 5.02 Å². The number of carbonyl (C=O) groups excluding carboxylic acids is 2. The number of aryl methyl sites for hydroxylation is 2. The third kappa shape index (κ3) is 5.25. The molecule has 1 aromatic carbocycles. The highest BCUT2D eigenvalue weighted by atomic mass is 35.5. The number of amides is 1. The van der Waals surface area contributed by atoms with Crippen LogP contribution in [0.5, 0.6) is 0 Å². The van der Waals surface area contributed by atoms with Crippen LogP contribution in [0, 0.1) is 13.8 Å². The highest BCUT2D eigenvalue weighted by Gasteiger charge is 2.31. The maximum absolute atomic E-state index is 12.9. The number of nitrogens with zero attached hydrogens (tertiary/aromatic N) is 2. The zero-order valence-electron chi connectivity index (χ0n) is 18.3. The maximum atomic E-state index is 12.9. The number of hydrogen-bond acceptors (Lipinski definition) is 6. The molecule has 1 amide bonds. The average Bonchev–Trinajstić information content (AvgIpc) is 3.07. The van der Waals surface area contributed by atoms with E-state index in [0.717, 1.165) is 5.69 Å². The Labute approximate surface area is 192 Å². The number of H-pyrrole nitrogens is 1. The summed E-state index contributed by atoms with van der Waals surface area (Å²) in [6.45, 7) is 6.73. The molecule has 0 bridgehead atoms. The first kappa shape index (κ1) is 24.1. The summed E-state index contributed by atoms with van der Waals surface area (Å²) in [6.07, 6.45) is 0. The molecule has 1 aliphatic rings. The molecule has 0 atom stereocenters. The lowest BCUT2D eigenvalue weighted by Crippen LogP contribution is -2.51.